The van der Waals surface area contributed by atoms with E-state index in [2.05, 4.69) is 4.90 Å². The normalized spacial score (nSPS) is 16.8. The van der Waals surface area contributed by atoms with Crippen molar-refractivity contribution in [2.24, 2.45) is 0 Å². The van der Waals surface area contributed by atoms with E-state index in [0.29, 0.717) is 24.8 Å². The number of morpholine rings is 1. The van der Waals surface area contributed by atoms with Gasteiger partial charge in [0.05, 0.1) is 18.1 Å². The highest BCUT2D eigenvalue weighted by Crippen LogP contribution is 2.27. The van der Waals surface area contributed by atoms with Crippen LogP contribution in [0.5, 0.6) is 0 Å². The molecule has 0 radical (unpaired) electrons. The second kappa shape index (κ2) is 5.65. The first-order valence-electron chi connectivity index (χ1n) is 5.81. The topological polar surface area (TPSA) is 55.6 Å². The SMILES string of the molecule is Cc1cc([N+](=O)[O-])cc(CN2CCOCC2)c1Cl. The summed E-state index contributed by atoms with van der Waals surface area (Å²) in [6.45, 7) is 5.48. The Labute approximate surface area is 110 Å². The zero-order chi connectivity index (χ0) is 13.1. The minimum Gasteiger partial charge on any atom is -0.379 e. The number of nitro groups is 1. The van der Waals surface area contributed by atoms with E-state index in [0.717, 1.165) is 24.2 Å². The third-order valence-electron chi connectivity index (χ3n) is 3.02. The number of aryl methyl sites for hydroxylation is 1. The van der Waals surface area contributed by atoms with Gasteiger partial charge in [0.2, 0.25) is 0 Å². The van der Waals surface area contributed by atoms with Crippen molar-refractivity contribution in [3.63, 3.8) is 0 Å². The third-order valence-corrected chi connectivity index (χ3v) is 3.56. The van der Waals surface area contributed by atoms with Crippen molar-refractivity contribution in [3.05, 3.63) is 38.4 Å². The first-order chi connectivity index (χ1) is 8.58. The quantitative estimate of drug-likeness (QED) is 0.625. The molecular weight excluding hydrogens is 256 g/mol. The molecule has 0 spiro atoms. The first kappa shape index (κ1) is 13.3. The summed E-state index contributed by atoms with van der Waals surface area (Å²) in [6.07, 6.45) is 0. The Hall–Kier alpha value is -1.17. The molecule has 0 bridgehead atoms. The molecule has 0 saturated carbocycles. The monoisotopic (exact) mass is 270 g/mol. The minimum absolute atomic E-state index is 0.0974. The van der Waals surface area contributed by atoms with Gasteiger partial charge in [-0.2, -0.15) is 0 Å². The van der Waals surface area contributed by atoms with Gasteiger partial charge in [-0.15, -0.1) is 0 Å². The van der Waals surface area contributed by atoms with Crippen LogP contribution in [0.1, 0.15) is 11.1 Å². The summed E-state index contributed by atoms with van der Waals surface area (Å²) in [6, 6.07) is 3.07. The van der Waals surface area contributed by atoms with Crippen LogP contribution in [0.3, 0.4) is 0 Å². The predicted octanol–water partition coefficient (Wildman–Crippen LogP) is 2.39. The zero-order valence-corrected chi connectivity index (χ0v) is 10.9. The van der Waals surface area contributed by atoms with Crippen LogP contribution in [-0.2, 0) is 11.3 Å². The summed E-state index contributed by atoms with van der Waals surface area (Å²) < 4.78 is 5.27. The molecule has 2 rings (SSSR count). The number of nitro benzene ring substituents is 1. The Morgan fingerprint density at radius 2 is 2.11 bits per heavy atom. The number of rotatable bonds is 3. The highest BCUT2D eigenvalue weighted by molar-refractivity contribution is 6.32. The lowest BCUT2D eigenvalue weighted by Crippen LogP contribution is -2.35. The molecule has 5 nitrogen and oxygen atoms in total. The Balaban J connectivity index is 2.22. The number of hydrogen-bond acceptors (Lipinski definition) is 4. The maximum Gasteiger partial charge on any atom is 0.270 e. The second-order valence-electron chi connectivity index (χ2n) is 4.38. The highest BCUT2D eigenvalue weighted by Gasteiger charge is 2.17. The molecule has 1 saturated heterocycles. The van der Waals surface area contributed by atoms with Crippen LogP contribution in [0.15, 0.2) is 12.1 Å². The largest absolute Gasteiger partial charge is 0.379 e. The molecule has 0 unspecified atom stereocenters. The molecule has 98 valence electrons. The average molecular weight is 271 g/mol. The highest BCUT2D eigenvalue weighted by atomic mass is 35.5. The fourth-order valence-electron chi connectivity index (χ4n) is 2.04. The van der Waals surface area contributed by atoms with Crippen molar-refractivity contribution in [1.29, 1.82) is 0 Å². The molecule has 1 heterocycles. The first-order valence-corrected chi connectivity index (χ1v) is 6.19. The molecular formula is C12H15ClN2O3. The van der Waals surface area contributed by atoms with E-state index < -0.39 is 0 Å². The van der Waals surface area contributed by atoms with Gasteiger partial charge in [0.15, 0.2) is 0 Å². The van der Waals surface area contributed by atoms with Gasteiger partial charge in [-0.25, -0.2) is 0 Å². The van der Waals surface area contributed by atoms with Gasteiger partial charge < -0.3 is 4.74 Å². The maximum absolute atomic E-state index is 10.8. The summed E-state index contributed by atoms with van der Waals surface area (Å²) in [7, 11) is 0. The molecule has 1 aromatic carbocycles. The Morgan fingerprint density at radius 1 is 1.44 bits per heavy atom. The molecule has 6 heteroatoms. The number of benzene rings is 1. The molecule has 1 aliphatic rings. The zero-order valence-electron chi connectivity index (χ0n) is 10.2. The van der Waals surface area contributed by atoms with Crippen LogP contribution in [0.25, 0.3) is 0 Å². The second-order valence-corrected chi connectivity index (χ2v) is 4.76. The predicted molar refractivity (Wildman–Crippen MR) is 68.9 cm³/mol. The van der Waals surface area contributed by atoms with E-state index in [4.69, 9.17) is 16.3 Å². The van der Waals surface area contributed by atoms with Crippen molar-refractivity contribution >= 4 is 17.3 Å². The molecule has 1 aromatic rings. The number of halogens is 1. The third kappa shape index (κ3) is 2.98. The lowest BCUT2D eigenvalue weighted by Gasteiger charge is -2.27. The van der Waals surface area contributed by atoms with Crippen LogP contribution < -0.4 is 0 Å². The van der Waals surface area contributed by atoms with Crippen LogP contribution in [0, 0.1) is 17.0 Å². The van der Waals surface area contributed by atoms with Crippen LogP contribution in [0.2, 0.25) is 5.02 Å². The summed E-state index contributed by atoms with van der Waals surface area (Å²) >= 11 is 6.21. The lowest BCUT2D eigenvalue weighted by molar-refractivity contribution is -0.385. The molecule has 1 aliphatic heterocycles. The van der Waals surface area contributed by atoms with Gasteiger partial charge in [0.1, 0.15) is 0 Å². The maximum atomic E-state index is 10.8. The van der Waals surface area contributed by atoms with E-state index in [1.54, 1.807) is 13.0 Å². The van der Waals surface area contributed by atoms with Crippen molar-refractivity contribution in [1.82, 2.24) is 4.90 Å². The van der Waals surface area contributed by atoms with Crippen LogP contribution in [-0.4, -0.2) is 36.1 Å². The molecule has 1 fully saturated rings. The van der Waals surface area contributed by atoms with Gasteiger partial charge >= 0.3 is 0 Å². The van der Waals surface area contributed by atoms with Crippen molar-refractivity contribution in [2.75, 3.05) is 26.3 Å². The van der Waals surface area contributed by atoms with E-state index in [9.17, 15) is 10.1 Å². The smallest absolute Gasteiger partial charge is 0.270 e. The van der Waals surface area contributed by atoms with Crippen molar-refractivity contribution < 1.29 is 9.66 Å². The fraction of sp³-hybridized carbons (Fsp3) is 0.500. The number of hydrogen-bond donors (Lipinski definition) is 0. The average Bonchev–Trinajstić information content (AvgIpc) is 2.35. The van der Waals surface area contributed by atoms with Crippen molar-refractivity contribution in [3.8, 4) is 0 Å². The number of non-ortho nitro benzene ring substituents is 1. The van der Waals surface area contributed by atoms with Gasteiger partial charge in [-0.1, -0.05) is 11.6 Å². The Kier molecular flexibility index (Phi) is 4.16. The van der Waals surface area contributed by atoms with E-state index >= 15 is 0 Å². The summed E-state index contributed by atoms with van der Waals surface area (Å²) in [5, 5.41) is 11.5. The lowest BCUT2D eigenvalue weighted by atomic mass is 10.1. The van der Waals surface area contributed by atoms with E-state index in [-0.39, 0.29) is 10.6 Å². The standard InChI is InChI=1S/C12H15ClN2O3/c1-9-6-11(15(16)17)7-10(12(9)13)8-14-2-4-18-5-3-14/h6-7H,2-5,8H2,1H3. The summed E-state index contributed by atoms with van der Waals surface area (Å²) in [5.41, 5.74) is 1.65. The van der Waals surface area contributed by atoms with Crippen LogP contribution >= 0.6 is 11.6 Å². The Morgan fingerprint density at radius 3 is 2.72 bits per heavy atom. The van der Waals surface area contributed by atoms with Gasteiger partial charge in [0, 0.05) is 36.8 Å². The number of nitrogens with zero attached hydrogens (tertiary/aromatic N) is 2. The fourth-order valence-corrected chi connectivity index (χ4v) is 2.21. The summed E-state index contributed by atoms with van der Waals surface area (Å²) in [4.78, 5) is 12.6. The van der Waals surface area contributed by atoms with E-state index in [1.807, 2.05) is 0 Å². The minimum atomic E-state index is -0.383. The van der Waals surface area contributed by atoms with E-state index in [1.165, 1.54) is 6.07 Å². The van der Waals surface area contributed by atoms with Gasteiger partial charge in [-0.3, -0.25) is 15.0 Å². The molecule has 0 atom stereocenters. The number of ether oxygens (including phenoxy) is 1. The molecule has 0 N–H and O–H groups in total. The molecule has 18 heavy (non-hydrogen) atoms. The molecule has 0 aromatic heterocycles. The van der Waals surface area contributed by atoms with Gasteiger partial charge in [-0.05, 0) is 18.1 Å². The Bertz CT molecular complexity index is 459. The summed E-state index contributed by atoms with van der Waals surface area (Å²) in [5.74, 6) is 0. The molecule has 0 aliphatic carbocycles. The van der Waals surface area contributed by atoms with Crippen LogP contribution in [0.4, 0.5) is 5.69 Å². The molecule has 0 amide bonds. The van der Waals surface area contributed by atoms with Gasteiger partial charge in [0.25, 0.3) is 5.69 Å². The van der Waals surface area contributed by atoms with Crippen molar-refractivity contribution in [2.45, 2.75) is 13.5 Å².